The number of nitrogens with zero attached hydrogens (tertiary/aromatic N) is 1. The van der Waals surface area contributed by atoms with Crippen molar-refractivity contribution < 1.29 is 19.1 Å². The highest BCUT2D eigenvalue weighted by molar-refractivity contribution is 9.10. The molecule has 0 heterocycles. The van der Waals surface area contributed by atoms with Crippen LogP contribution in [0.4, 0.5) is 5.69 Å². The van der Waals surface area contributed by atoms with Crippen LogP contribution in [-0.2, 0) is 16.0 Å². The molecule has 3 aromatic carbocycles. The SMILES string of the molecule is CCOc1cc(/C=C(/C#N)C(=O)NCCCc2ccccc2)cc(Br)c1OCC(=O)Nc1ccc(C)cc1. The van der Waals surface area contributed by atoms with Crippen molar-refractivity contribution >= 4 is 39.5 Å². The van der Waals surface area contributed by atoms with Crippen LogP contribution in [0.15, 0.2) is 76.8 Å². The maximum Gasteiger partial charge on any atom is 0.262 e. The molecule has 2 N–H and O–H groups in total. The Hall–Kier alpha value is -4.09. The number of hydrogen-bond acceptors (Lipinski definition) is 5. The van der Waals surface area contributed by atoms with E-state index in [1.807, 2.05) is 74.5 Å². The van der Waals surface area contributed by atoms with Crippen LogP contribution in [0.5, 0.6) is 11.5 Å². The van der Waals surface area contributed by atoms with Gasteiger partial charge in [-0.05, 0) is 84.1 Å². The van der Waals surface area contributed by atoms with Crippen LogP contribution in [0.2, 0.25) is 0 Å². The van der Waals surface area contributed by atoms with Crippen molar-refractivity contribution in [1.82, 2.24) is 5.32 Å². The van der Waals surface area contributed by atoms with Gasteiger partial charge in [0.25, 0.3) is 11.8 Å². The molecule has 0 fully saturated rings. The van der Waals surface area contributed by atoms with Crippen molar-refractivity contribution in [3.05, 3.63) is 93.5 Å². The van der Waals surface area contributed by atoms with Crippen molar-refractivity contribution in [1.29, 1.82) is 5.26 Å². The van der Waals surface area contributed by atoms with Gasteiger partial charge in [-0.1, -0.05) is 48.0 Å². The predicted octanol–water partition coefficient (Wildman–Crippen LogP) is 5.83. The van der Waals surface area contributed by atoms with E-state index in [2.05, 4.69) is 26.6 Å². The Balaban J connectivity index is 1.64. The van der Waals surface area contributed by atoms with E-state index in [1.165, 1.54) is 11.6 Å². The van der Waals surface area contributed by atoms with Gasteiger partial charge in [-0.2, -0.15) is 5.26 Å². The van der Waals surface area contributed by atoms with Gasteiger partial charge in [0.2, 0.25) is 0 Å². The standard InChI is InChI=1S/C30H30BrN3O4/c1-3-37-27-18-23(16-24(19-32)30(36)33-15-7-10-22-8-5-4-6-9-22)17-26(31)29(27)38-20-28(35)34-25-13-11-21(2)12-14-25/h4-6,8-9,11-14,16-18H,3,7,10,15,20H2,1-2H3,(H,33,36)(H,34,35)/b24-16-. The lowest BCUT2D eigenvalue weighted by atomic mass is 10.1. The van der Waals surface area contributed by atoms with Crippen molar-refractivity contribution in [3.63, 3.8) is 0 Å². The quantitative estimate of drug-likeness (QED) is 0.161. The van der Waals surface area contributed by atoms with E-state index in [0.717, 1.165) is 18.4 Å². The molecule has 196 valence electrons. The number of aryl methyl sites for hydroxylation is 2. The summed E-state index contributed by atoms with van der Waals surface area (Å²) in [6.45, 7) is 4.39. The smallest absolute Gasteiger partial charge is 0.262 e. The fraction of sp³-hybridized carbons (Fsp3) is 0.233. The molecule has 3 rings (SSSR count). The Morgan fingerprint density at radius 1 is 1.05 bits per heavy atom. The normalized spacial score (nSPS) is 10.8. The van der Waals surface area contributed by atoms with E-state index in [4.69, 9.17) is 9.47 Å². The summed E-state index contributed by atoms with van der Waals surface area (Å²) in [6.07, 6.45) is 3.09. The number of halogens is 1. The fourth-order valence-corrected chi connectivity index (χ4v) is 4.17. The summed E-state index contributed by atoms with van der Waals surface area (Å²) in [6, 6.07) is 22.8. The van der Waals surface area contributed by atoms with Gasteiger partial charge in [-0.25, -0.2) is 0 Å². The summed E-state index contributed by atoms with van der Waals surface area (Å²) in [5, 5.41) is 15.2. The first-order chi connectivity index (χ1) is 18.4. The maximum absolute atomic E-state index is 12.6. The molecule has 2 amide bonds. The first kappa shape index (κ1) is 28.5. The van der Waals surface area contributed by atoms with Gasteiger partial charge in [-0.15, -0.1) is 0 Å². The van der Waals surface area contributed by atoms with Gasteiger partial charge >= 0.3 is 0 Å². The van der Waals surface area contributed by atoms with Gasteiger partial charge in [0.15, 0.2) is 18.1 Å². The number of carbonyl (C=O) groups excluding carboxylic acids is 2. The Labute approximate surface area is 231 Å². The minimum absolute atomic E-state index is 0.0230. The van der Waals surface area contributed by atoms with Crippen LogP contribution in [0.25, 0.3) is 6.08 Å². The third-order valence-electron chi connectivity index (χ3n) is 5.46. The molecule has 0 aliphatic rings. The van der Waals surface area contributed by atoms with Crippen molar-refractivity contribution in [2.75, 3.05) is 25.1 Å². The Morgan fingerprint density at radius 3 is 2.47 bits per heavy atom. The summed E-state index contributed by atoms with van der Waals surface area (Å²) in [5.41, 5.74) is 3.52. The number of amides is 2. The summed E-state index contributed by atoms with van der Waals surface area (Å²) >= 11 is 3.47. The zero-order chi connectivity index (χ0) is 27.3. The van der Waals surface area contributed by atoms with Gasteiger partial charge in [-0.3, -0.25) is 9.59 Å². The molecule has 7 nitrogen and oxygen atoms in total. The molecular weight excluding hydrogens is 546 g/mol. The van der Waals surface area contributed by atoms with Crippen LogP contribution < -0.4 is 20.1 Å². The number of nitrogens with one attached hydrogen (secondary N) is 2. The fourth-order valence-electron chi connectivity index (χ4n) is 3.60. The monoisotopic (exact) mass is 575 g/mol. The number of carbonyl (C=O) groups is 2. The minimum Gasteiger partial charge on any atom is -0.490 e. The number of nitriles is 1. The van der Waals surface area contributed by atoms with Crippen molar-refractivity contribution in [3.8, 4) is 17.6 Å². The highest BCUT2D eigenvalue weighted by Gasteiger charge is 2.16. The average Bonchev–Trinajstić information content (AvgIpc) is 2.91. The summed E-state index contributed by atoms with van der Waals surface area (Å²) in [7, 11) is 0. The lowest BCUT2D eigenvalue weighted by Crippen LogP contribution is -2.25. The molecule has 0 aromatic heterocycles. The van der Waals surface area contributed by atoms with Gasteiger partial charge in [0, 0.05) is 12.2 Å². The van der Waals surface area contributed by atoms with Crippen LogP contribution >= 0.6 is 15.9 Å². The lowest BCUT2D eigenvalue weighted by molar-refractivity contribution is -0.118. The second kappa shape index (κ2) is 14.6. The number of rotatable bonds is 12. The summed E-state index contributed by atoms with van der Waals surface area (Å²) < 4.78 is 12.0. The molecule has 0 unspecified atom stereocenters. The third-order valence-corrected chi connectivity index (χ3v) is 6.05. The Kier molecular flexibility index (Phi) is 10.9. The molecule has 0 spiro atoms. The minimum atomic E-state index is -0.442. The van der Waals surface area contributed by atoms with Crippen LogP contribution in [0, 0.1) is 18.3 Å². The van der Waals surface area contributed by atoms with Gasteiger partial charge in [0.05, 0.1) is 11.1 Å². The Bertz CT molecular complexity index is 1320. The second-order valence-electron chi connectivity index (χ2n) is 8.48. The number of anilines is 1. The molecule has 3 aromatic rings. The van der Waals surface area contributed by atoms with Crippen LogP contribution in [-0.4, -0.2) is 31.6 Å². The topological polar surface area (TPSA) is 100 Å². The van der Waals surface area contributed by atoms with Crippen LogP contribution in [0.3, 0.4) is 0 Å². The number of ether oxygens (including phenoxy) is 2. The van der Waals surface area contributed by atoms with E-state index >= 15 is 0 Å². The van der Waals surface area contributed by atoms with Gasteiger partial charge in [0.1, 0.15) is 11.6 Å². The molecule has 38 heavy (non-hydrogen) atoms. The Morgan fingerprint density at radius 2 is 1.79 bits per heavy atom. The molecule has 0 aliphatic carbocycles. The predicted molar refractivity (Wildman–Crippen MR) is 152 cm³/mol. The van der Waals surface area contributed by atoms with E-state index in [0.29, 0.717) is 40.4 Å². The average molecular weight is 576 g/mol. The van der Waals surface area contributed by atoms with Crippen LogP contribution in [0.1, 0.15) is 30.0 Å². The molecule has 0 saturated carbocycles. The molecule has 0 aliphatic heterocycles. The summed E-state index contributed by atoms with van der Waals surface area (Å²) in [4.78, 5) is 25.0. The van der Waals surface area contributed by atoms with E-state index in [-0.39, 0.29) is 18.1 Å². The highest BCUT2D eigenvalue weighted by atomic mass is 79.9. The molecule has 8 heteroatoms. The lowest BCUT2D eigenvalue weighted by Gasteiger charge is -2.15. The molecular formula is C30H30BrN3O4. The highest BCUT2D eigenvalue weighted by Crippen LogP contribution is 2.37. The zero-order valence-electron chi connectivity index (χ0n) is 21.4. The van der Waals surface area contributed by atoms with E-state index < -0.39 is 5.91 Å². The molecule has 0 radical (unpaired) electrons. The van der Waals surface area contributed by atoms with Crippen molar-refractivity contribution in [2.45, 2.75) is 26.7 Å². The maximum atomic E-state index is 12.6. The van der Waals surface area contributed by atoms with Crippen molar-refractivity contribution in [2.24, 2.45) is 0 Å². The number of hydrogen-bond donors (Lipinski definition) is 2. The first-order valence-corrected chi connectivity index (χ1v) is 13.1. The molecule has 0 bridgehead atoms. The van der Waals surface area contributed by atoms with Gasteiger partial charge < -0.3 is 20.1 Å². The molecule has 0 saturated heterocycles. The molecule has 0 atom stereocenters. The second-order valence-corrected chi connectivity index (χ2v) is 9.34. The first-order valence-electron chi connectivity index (χ1n) is 12.3. The third kappa shape index (κ3) is 8.79. The largest absolute Gasteiger partial charge is 0.490 e. The summed E-state index contributed by atoms with van der Waals surface area (Å²) in [5.74, 6) is -0.0191. The number of benzene rings is 3. The van der Waals surface area contributed by atoms with E-state index in [9.17, 15) is 14.9 Å². The van der Waals surface area contributed by atoms with E-state index in [1.54, 1.807) is 12.1 Å². The zero-order valence-corrected chi connectivity index (χ0v) is 23.0.